The number of nitrogens with zero attached hydrogens (tertiary/aromatic N) is 4. The Kier molecular flexibility index (Phi) is 7.59. The monoisotopic (exact) mass is 372 g/mol. The van der Waals surface area contributed by atoms with Crippen LogP contribution in [0.4, 0.5) is 5.82 Å². The zero-order valence-corrected chi connectivity index (χ0v) is 15.3. The Morgan fingerprint density at radius 2 is 1.96 bits per heavy atom. The van der Waals surface area contributed by atoms with E-state index < -0.39 is 0 Å². The average Bonchev–Trinajstić information content (AvgIpc) is 2.90. The van der Waals surface area contributed by atoms with E-state index in [1.807, 2.05) is 30.7 Å². The third kappa shape index (κ3) is 4.43. The van der Waals surface area contributed by atoms with Gasteiger partial charge in [-0.2, -0.15) is 0 Å². The van der Waals surface area contributed by atoms with Gasteiger partial charge >= 0.3 is 0 Å². The van der Waals surface area contributed by atoms with Gasteiger partial charge in [-0.3, -0.25) is 4.79 Å². The van der Waals surface area contributed by atoms with Gasteiger partial charge in [0.05, 0.1) is 11.7 Å². The molecule has 0 bridgehead atoms. The fourth-order valence-electron chi connectivity index (χ4n) is 2.74. The van der Waals surface area contributed by atoms with E-state index in [1.54, 1.807) is 6.07 Å². The summed E-state index contributed by atoms with van der Waals surface area (Å²) in [4.78, 5) is 16.6. The molecule has 1 saturated heterocycles. The summed E-state index contributed by atoms with van der Waals surface area (Å²) in [6, 6.07) is 5.81. The molecule has 1 amide bonds. The minimum Gasteiger partial charge on any atom is -0.317 e. The van der Waals surface area contributed by atoms with Crippen LogP contribution in [0.1, 0.15) is 40.8 Å². The van der Waals surface area contributed by atoms with Crippen molar-refractivity contribution in [2.24, 2.45) is 0 Å². The molecule has 0 unspecified atom stereocenters. The van der Waals surface area contributed by atoms with Crippen molar-refractivity contribution in [2.75, 3.05) is 18.4 Å². The van der Waals surface area contributed by atoms with Crippen LogP contribution in [0, 0.1) is 13.8 Å². The third-order valence-electron chi connectivity index (χ3n) is 3.93. The molecule has 3 heterocycles. The van der Waals surface area contributed by atoms with Crippen molar-refractivity contribution < 1.29 is 4.79 Å². The largest absolute Gasteiger partial charge is 0.317 e. The molecule has 3 rings (SSSR count). The number of hydrogen-bond donors (Lipinski definition) is 2. The van der Waals surface area contributed by atoms with Crippen LogP contribution in [0.5, 0.6) is 0 Å². The number of rotatable bonds is 3. The molecule has 7 nitrogen and oxygen atoms in total. The number of pyridine rings is 1. The molecule has 9 heteroatoms. The number of amides is 1. The van der Waals surface area contributed by atoms with Crippen LogP contribution < -0.4 is 10.6 Å². The van der Waals surface area contributed by atoms with Crippen LogP contribution in [-0.4, -0.2) is 39.0 Å². The zero-order chi connectivity index (χ0) is 15.5. The SMILES string of the molecule is Cc1cccc(NC(=O)c2nnn(C3CCNCC3)c2C)n1.Cl.Cl. The second-order valence-electron chi connectivity index (χ2n) is 5.57. The van der Waals surface area contributed by atoms with Crippen molar-refractivity contribution in [1.29, 1.82) is 0 Å². The molecular formula is C15H22Cl2N6O. The summed E-state index contributed by atoms with van der Waals surface area (Å²) in [5.41, 5.74) is 2.02. The fourth-order valence-corrected chi connectivity index (χ4v) is 2.74. The van der Waals surface area contributed by atoms with Crippen molar-refractivity contribution in [2.45, 2.75) is 32.7 Å². The van der Waals surface area contributed by atoms with Crippen LogP contribution >= 0.6 is 24.8 Å². The highest BCUT2D eigenvalue weighted by molar-refractivity contribution is 6.02. The molecule has 2 N–H and O–H groups in total. The zero-order valence-electron chi connectivity index (χ0n) is 13.7. The van der Waals surface area contributed by atoms with Crippen molar-refractivity contribution >= 4 is 36.5 Å². The fraction of sp³-hybridized carbons (Fsp3) is 0.467. The van der Waals surface area contributed by atoms with Crippen molar-refractivity contribution in [3.63, 3.8) is 0 Å². The lowest BCUT2D eigenvalue weighted by molar-refractivity contribution is 0.102. The summed E-state index contributed by atoms with van der Waals surface area (Å²) in [5.74, 6) is 0.261. The van der Waals surface area contributed by atoms with Gasteiger partial charge in [-0.15, -0.1) is 29.9 Å². The maximum atomic E-state index is 12.4. The standard InChI is InChI=1S/C15H20N6O.2ClH/c1-10-4-3-5-13(17-10)18-15(22)14-11(2)21(20-19-14)12-6-8-16-9-7-12;;/h3-5,12,16H,6-9H2,1-2H3,(H,17,18,22);2*1H. The van der Waals surface area contributed by atoms with Gasteiger partial charge in [0.15, 0.2) is 5.69 Å². The molecular weight excluding hydrogens is 351 g/mol. The Labute approximate surface area is 153 Å². The topological polar surface area (TPSA) is 84.7 Å². The number of halogens is 2. The Bertz CT molecular complexity index is 684. The summed E-state index contributed by atoms with van der Waals surface area (Å²) < 4.78 is 1.87. The number of hydrogen-bond acceptors (Lipinski definition) is 5. The second kappa shape index (κ2) is 8.96. The molecule has 2 aromatic rings. The first-order valence-corrected chi connectivity index (χ1v) is 7.52. The van der Waals surface area contributed by atoms with E-state index in [9.17, 15) is 4.79 Å². The summed E-state index contributed by atoms with van der Waals surface area (Å²) in [7, 11) is 0. The van der Waals surface area contributed by atoms with E-state index in [2.05, 4.69) is 25.9 Å². The number of carbonyl (C=O) groups excluding carboxylic acids is 1. The van der Waals surface area contributed by atoms with Crippen LogP contribution in [0.3, 0.4) is 0 Å². The normalized spacial score (nSPS) is 14.4. The average molecular weight is 373 g/mol. The number of anilines is 1. The van der Waals surface area contributed by atoms with Crippen LogP contribution in [0.15, 0.2) is 18.2 Å². The van der Waals surface area contributed by atoms with Gasteiger partial charge in [0.2, 0.25) is 0 Å². The van der Waals surface area contributed by atoms with Gasteiger partial charge in [-0.25, -0.2) is 9.67 Å². The maximum Gasteiger partial charge on any atom is 0.279 e. The molecule has 0 aromatic carbocycles. The van der Waals surface area contributed by atoms with E-state index in [4.69, 9.17) is 0 Å². The molecule has 1 fully saturated rings. The number of aryl methyl sites for hydroxylation is 1. The molecule has 0 spiro atoms. The summed E-state index contributed by atoms with van der Waals surface area (Å²) in [6.45, 7) is 5.71. The minimum absolute atomic E-state index is 0. The first-order valence-electron chi connectivity index (χ1n) is 7.52. The molecule has 132 valence electrons. The van der Waals surface area contributed by atoms with E-state index >= 15 is 0 Å². The first kappa shape index (κ1) is 20.3. The summed E-state index contributed by atoms with van der Waals surface area (Å²) in [5, 5.41) is 14.3. The van der Waals surface area contributed by atoms with E-state index in [0.29, 0.717) is 17.6 Å². The van der Waals surface area contributed by atoms with E-state index in [0.717, 1.165) is 37.3 Å². The van der Waals surface area contributed by atoms with Crippen molar-refractivity contribution in [3.8, 4) is 0 Å². The van der Waals surface area contributed by atoms with Crippen LogP contribution in [0.25, 0.3) is 0 Å². The van der Waals surface area contributed by atoms with Gasteiger partial charge in [0.25, 0.3) is 5.91 Å². The highest BCUT2D eigenvalue weighted by atomic mass is 35.5. The molecule has 0 saturated carbocycles. The van der Waals surface area contributed by atoms with E-state index in [-0.39, 0.29) is 30.7 Å². The highest BCUT2D eigenvalue weighted by Crippen LogP contribution is 2.20. The Morgan fingerprint density at radius 1 is 1.25 bits per heavy atom. The van der Waals surface area contributed by atoms with Crippen LogP contribution in [-0.2, 0) is 0 Å². The summed E-state index contributed by atoms with van der Waals surface area (Å²) >= 11 is 0. The predicted molar refractivity (Wildman–Crippen MR) is 97.3 cm³/mol. The molecule has 1 aliphatic rings. The Hall–Kier alpha value is -1.70. The number of nitrogens with one attached hydrogen (secondary N) is 2. The molecule has 0 radical (unpaired) electrons. The lowest BCUT2D eigenvalue weighted by atomic mass is 10.1. The quantitative estimate of drug-likeness (QED) is 0.863. The Balaban J connectivity index is 0.00000144. The highest BCUT2D eigenvalue weighted by Gasteiger charge is 2.23. The van der Waals surface area contributed by atoms with E-state index in [1.165, 1.54) is 0 Å². The van der Waals surface area contributed by atoms with Crippen molar-refractivity contribution in [1.82, 2.24) is 25.3 Å². The Morgan fingerprint density at radius 3 is 2.62 bits per heavy atom. The van der Waals surface area contributed by atoms with Gasteiger partial charge in [-0.1, -0.05) is 11.3 Å². The molecule has 0 aliphatic carbocycles. The number of aromatic nitrogens is 4. The summed E-state index contributed by atoms with van der Waals surface area (Å²) in [6.07, 6.45) is 2.01. The molecule has 24 heavy (non-hydrogen) atoms. The predicted octanol–water partition coefficient (Wildman–Crippen LogP) is 2.31. The lowest BCUT2D eigenvalue weighted by Crippen LogP contribution is -2.30. The van der Waals surface area contributed by atoms with Gasteiger partial charge < -0.3 is 10.6 Å². The molecule has 1 aliphatic heterocycles. The van der Waals surface area contributed by atoms with Gasteiger partial charge in [0.1, 0.15) is 5.82 Å². The molecule has 0 atom stereocenters. The van der Waals surface area contributed by atoms with Gasteiger partial charge in [-0.05, 0) is 51.9 Å². The van der Waals surface area contributed by atoms with Gasteiger partial charge in [0, 0.05) is 5.69 Å². The second-order valence-corrected chi connectivity index (χ2v) is 5.57. The smallest absolute Gasteiger partial charge is 0.279 e. The maximum absolute atomic E-state index is 12.4. The van der Waals surface area contributed by atoms with Crippen molar-refractivity contribution in [3.05, 3.63) is 35.3 Å². The molecule has 2 aromatic heterocycles. The minimum atomic E-state index is -0.268. The first-order chi connectivity index (χ1) is 10.6. The number of carbonyl (C=O) groups is 1. The third-order valence-corrected chi connectivity index (χ3v) is 3.93. The lowest BCUT2D eigenvalue weighted by Gasteiger charge is -2.23. The number of piperidine rings is 1. The van der Waals surface area contributed by atoms with Crippen LogP contribution in [0.2, 0.25) is 0 Å².